The van der Waals surface area contributed by atoms with Crippen LogP contribution < -0.4 is 15.4 Å². The number of nitrogens with one attached hydrogen (secondary N) is 2. The van der Waals surface area contributed by atoms with Crippen LogP contribution in [0.15, 0.2) is 42.5 Å². The molecular weight excluding hydrogens is 470 g/mol. The number of aromatic nitrogens is 1. The van der Waals surface area contributed by atoms with Gasteiger partial charge in [0.05, 0.1) is 35.4 Å². The number of hydrogen-bond acceptors (Lipinski definition) is 6. The number of benzene rings is 3. The highest BCUT2D eigenvalue weighted by Gasteiger charge is 2.35. The molecule has 4 aromatic rings. The minimum Gasteiger partial charge on any atom is -0.504 e. The summed E-state index contributed by atoms with van der Waals surface area (Å²) in [4.78, 5) is 25.9. The summed E-state index contributed by atoms with van der Waals surface area (Å²) >= 11 is 6.47. The molecule has 180 valence electrons. The number of carbonyl (C=O) groups is 2. The van der Waals surface area contributed by atoms with Gasteiger partial charge in [-0.05, 0) is 43.8 Å². The number of phenols is 1. The van der Waals surface area contributed by atoms with E-state index in [2.05, 4.69) is 10.6 Å². The Morgan fingerprint density at radius 2 is 1.83 bits per heavy atom. The van der Waals surface area contributed by atoms with Gasteiger partial charge in [-0.1, -0.05) is 29.8 Å². The van der Waals surface area contributed by atoms with Crippen molar-refractivity contribution in [2.45, 2.75) is 13.0 Å². The van der Waals surface area contributed by atoms with Crippen molar-refractivity contribution in [2.24, 2.45) is 0 Å². The molecule has 1 aliphatic heterocycles. The van der Waals surface area contributed by atoms with E-state index in [4.69, 9.17) is 16.3 Å². The van der Waals surface area contributed by atoms with Crippen molar-refractivity contribution in [3.8, 4) is 22.6 Å². The number of nitrogens with zero attached hydrogens (tertiary/aromatic N) is 1. The Morgan fingerprint density at radius 1 is 1.06 bits per heavy atom. The van der Waals surface area contributed by atoms with Gasteiger partial charge in [-0.25, -0.2) is 0 Å². The third kappa shape index (κ3) is 3.80. The summed E-state index contributed by atoms with van der Waals surface area (Å²) in [5.74, 6) is -0.782. The highest BCUT2D eigenvalue weighted by molar-refractivity contribution is 6.36. The fraction of sp³-hybridized carbons (Fsp3) is 0.231. The highest BCUT2D eigenvalue weighted by Crippen LogP contribution is 2.44. The fourth-order valence-corrected chi connectivity index (χ4v) is 4.97. The van der Waals surface area contributed by atoms with Crippen LogP contribution >= 0.6 is 11.6 Å². The third-order valence-corrected chi connectivity index (χ3v) is 6.56. The van der Waals surface area contributed by atoms with Crippen LogP contribution in [0.3, 0.4) is 0 Å². The van der Waals surface area contributed by atoms with Crippen molar-refractivity contribution in [2.75, 3.05) is 26.8 Å². The first kappa shape index (κ1) is 23.2. The molecule has 5 rings (SSSR count). The number of aromatic hydroxyl groups is 1. The van der Waals surface area contributed by atoms with Crippen LogP contribution in [0.1, 0.15) is 27.1 Å². The van der Waals surface area contributed by atoms with Crippen LogP contribution in [0.4, 0.5) is 0 Å². The van der Waals surface area contributed by atoms with E-state index in [-0.39, 0.29) is 30.0 Å². The maximum absolute atomic E-state index is 13.0. The number of imide groups is 1. The Balaban J connectivity index is 1.83. The quantitative estimate of drug-likeness (QED) is 0.220. The highest BCUT2D eigenvalue weighted by atomic mass is 35.5. The monoisotopic (exact) mass is 493 g/mol. The summed E-state index contributed by atoms with van der Waals surface area (Å²) in [5, 5.41) is 27.6. The molecule has 0 unspecified atom stereocenters. The molecule has 2 amide bonds. The van der Waals surface area contributed by atoms with E-state index < -0.39 is 11.8 Å². The average Bonchev–Trinajstić information content (AvgIpc) is 3.30. The van der Waals surface area contributed by atoms with Crippen LogP contribution in [-0.4, -0.2) is 53.4 Å². The molecule has 1 aromatic heterocycles. The van der Waals surface area contributed by atoms with E-state index in [9.17, 15) is 19.8 Å². The first-order chi connectivity index (χ1) is 17.0. The zero-order valence-corrected chi connectivity index (χ0v) is 19.8. The molecule has 9 heteroatoms. The number of phenolic OH excluding ortho intramolecular Hbond substituents is 1. The predicted octanol–water partition coefficient (Wildman–Crippen LogP) is 3.68. The van der Waals surface area contributed by atoms with Gasteiger partial charge in [0.1, 0.15) is 0 Å². The van der Waals surface area contributed by atoms with Crippen molar-refractivity contribution in [3.05, 3.63) is 58.6 Å². The largest absolute Gasteiger partial charge is 0.504 e. The number of halogens is 1. The zero-order valence-electron chi connectivity index (χ0n) is 19.0. The molecule has 0 fully saturated rings. The number of rotatable bonds is 8. The van der Waals surface area contributed by atoms with Crippen molar-refractivity contribution in [1.29, 1.82) is 0 Å². The summed E-state index contributed by atoms with van der Waals surface area (Å²) < 4.78 is 7.66. The summed E-state index contributed by atoms with van der Waals surface area (Å²) in [7, 11) is 1.85. The van der Waals surface area contributed by atoms with Crippen molar-refractivity contribution < 1.29 is 24.5 Å². The second kappa shape index (κ2) is 9.22. The van der Waals surface area contributed by atoms with E-state index in [1.807, 2.05) is 23.7 Å². The minimum absolute atomic E-state index is 0.0707. The molecule has 0 saturated heterocycles. The summed E-state index contributed by atoms with van der Waals surface area (Å²) in [6.07, 6.45) is 0.755. The number of hydrogen-bond donors (Lipinski definition) is 4. The Kier molecular flexibility index (Phi) is 6.10. The Bertz CT molecular complexity index is 1490. The molecule has 0 atom stereocenters. The van der Waals surface area contributed by atoms with Crippen LogP contribution in [0, 0.1) is 0 Å². The van der Waals surface area contributed by atoms with Gasteiger partial charge in [0.15, 0.2) is 11.5 Å². The van der Waals surface area contributed by atoms with Crippen LogP contribution in [0.2, 0.25) is 5.02 Å². The molecule has 0 bridgehead atoms. The molecule has 4 N–H and O–H groups in total. The molecule has 3 aromatic carbocycles. The van der Waals surface area contributed by atoms with Crippen LogP contribution in [0.25, 0.3) is 32.9 Å². The van der Waals surface area contributed by atoms with Gasteiger partial charge in [-0.15, -0.1) is 0 Å². The van der Waals surface area contributed by atoms with Gasteiger partial charge < -0.3 is 24.8 Å². The number of aliphatic hydroxyl groups excluding tert-OH is 1. The summed E-state index contributed by atoms with van der Waals surface area (Å²) in [6.45, 7) is 1.26. The molecule has 2 heterocycles. The topological polar surface area (TPSA) is 113 Å². The lowest BCUT2D eigenvalue weighted by molar-refractivity contribution is 0.0880. The molecule has 35 heavy (non-hydrogen) atoms. The van der Waals surface area contributed by atoms with E-state index >= 15 is 0 Å². The summed E-state index contributed by atoms with van der Waals surface area (Å²) in [6, 6.07) is 12.2. The second-order valence-corrected chi connectivity index (χ2v) is 8.76. The zero-order chi connectivity index (χ0) is 24.7. The van der Waals surface area contributed by atoms with Crippen molar-refractivity contribution in [1.82, 2.24) is 15.2 Å². The Labute approximate surface area is 206 Å². The molecule has 8 nitrogen and oxygen atoms in total. The van der Waals surface area contributed by atoms with Gasteiger partial charge in [0, 0.05) is 34.0 Å². The molecule has 1 aliphatic rings. The number of aliphatic hydroxyl groups is 1. The van der Waals surface area contributed by atoms with E-state index in [0.29, 0.717) is 50.3 Å². The van der Waals surface area contributed by atoms with Crippen LogP contribution in [0.5, 0.6) is 11.5 Å². The number of carbonyl (C=O) groups excluding carboxylic acids is 2. The number of ether oxygens (including phenoxy) is 1. The van der Waals surface area contributed by atoms with Gasteiger partial charge >= 0.3 is 0 Å². The smallest absolute Gasteiger partial charge is 0.259 e. The molecule has 0 radical (unpaired) electrons. The lowest BCUT2D eigenvalue weighted by Gasteiger charge is -2.12. The number of amides is 2. The van der Waals surface area contributed by atoms with Crippen molar-refractivity contribution >= 4 is 45.2 Å². The van der Waals surface area contributed by atoms with Gasteiger partial charge in [-0.2, -0.15) is 0 Å². The van der Waals surface area contributed by atoms with Crippen LogP contribution in [-0.2, 0) is 6.54 Å². The SMILES string of the molecule is CNCCCOc1cc2c(cc1O)c1c3c(c(-c4ccccc4Cl)cc1n2CCO)C(=O)NC3=O. The van der Waals surface area contributed by atoms with E-state index in [0.717, 1.165) is 13.0 Å². The first-order valence-electron chi connectivity index (χ1n) is 11.3. The van der Waals surface area contributed by atoms with Gasteiger partial charge in [0.25, 0.3) is 11.8 Å². The number of fused-ring (bicyclic) bond motifs is 5. The fourth-order valence-electron chi connectivity index (χ4n) is 4.74. The minimum atomic E-state index is -0.515. The third-order valence-electron chi connectivity index (χ3n) is 6.23. The lowest BCUT2D eigenvalue weighted by atomic mass is 9.93. The average molecular weight is 494 g/mol. The first-order valence-corrected chi connectivity index (χ1v) is 11.7. The maximum atomic E-state index is 13.0. The molecular formula is C26H24ClN3O5. The Morgan fingerprint density at radius 3 is 2.57 bits per heavy atom. The lowest BCUT2D eigenvalue weighted by Crippen LogP contribution is -2.20. The van der Waals surface area contributed by atoms with Gasteiger partial charge in [0.2, 0.25) is 0 Å². The standard InChI is InChI=1S/C26H24ClN3O5/c1-28-7-4-10-35-21-13-18-16(12-20(21)32)22-19(30(18)8-9-31)11-15(14-5-2-3-6-17(14)27)23-24(22)26(34)29-25(23)33/h2-3,5-6,11-13,28,31-32H,4,7-10H2,1H3,(H,29,33,34). The second-order valence-electron chi connectivity index (χ2n) is 8.35. The van der Waals surface area contributed by atoms with Gasteiger partial charge in [-0.3, -0.25) is 14.9 Å². The normalized spacial score (nSPS) is 13.0. The predicted molar refractivity (Wildman–Crippen MR) is 134 cm³/mol. The Hall–Kier alpha value is -3.59. The molecule has 0 spiro atoms. The van der Waals surface area contributed by atoms with E-state index in [1.165, 1.54) is 0 Å². The maximum Gasteiger partial charge on any atom is 0.259 e. The van der Waals surface area contributed by atoms with Crippen molar-refractivity contribution in [3.63, 3.8) is 0 Å². The summed E-state index contributed by atoms with van der Waals surface area (Å²) in [5.41, 5.74) is 2.92. The van der Waals surface area contributed by atoms with E-state index in [1.54, 1.807) is 30.3 Å². The molecule has 0 aliphatic carbocycles. The molecule has 0 saturated carbocycles.